The fourth-order valence-electron chi connectivity index (χ4n) is 2.77. The molecule has 20 heavy (non-hydrogen) atoms. The van der Waals surface area contributed by atoms with Crippen LogP contribution in [0.2, 0.25) is 0 Å². The van der Waals surface area contributed by atoms with Crippen LogP contribution < -0.4 is 10.1 Å². The van der Waals surface area contributed by atoms with Gasteiger partial charge in [-0.3, -0.25) is 4.90 Å². The molecule has 0 atom stereocenters. The Morgan fingerprint density at radius 1 is 1.20 bits per heavy atom. The average Bonchev–Trinajstić information content (AvgIpc) is 2.40. The topological polar surface area (TPSA) is 24.5 Å². The average molecular weight is 276 g/mol. The van der Waals surface area contributed by atoms with Crippen LogP contribution in [0.1, 0.15) is 37.5 Å². The molecule has 1 aliphatic heterocycles. The summed E-state index contributed by atoms with van der Waals surface area (Å²) in [6, 6.07) is 4.54. The van der Waals surface area contributed by atoms with E-state index in [9.17, 15) is 0 Å². The van der Waals surface area contributed by atoms with E-state index < -0.39 is 0 Å². The molecular weight excluding hydrogens is 248 g/mol. The first-order valence-corrected chi connectivity index (χ1v) is 7.53. The van der Waals surface area contributed by atoms with Crippen molar-refractivity contribution < 1.29 is 4.74 Å². The molecule has 1 heterocycles. The van der Waals surface area contributed by atoms with Crippen LogP contribution in [0, 0.1) is 6.92 Å². The maximum atomic E-state index is 5.63. The minimum absolute atomic E-state index is 0.115. The summed E-state index contributed by atoms with van der Waals surface area (Å²) in [6.07, 6.45) is 0. The Morgan fingerprint density at radius 3 is 2.40 bits per heavy atom. The predicted octanol–water partition coefficient (Wildman–Crippen LogP) is 2.71. The molecule has 0 bridgehead atoms. The molecule has 0 unspecified atom stereocenters. The lowest BCUT2D eigenvalue weighted by Crippen LogP contribution is -2.43. The molecule has 0 amide bonds. The summed E-state index contributed by atoms with van der Waals surface area (Å²) >= 11 is 0. The largest absolute Gasteiger partial charge is 0.496 e. The van der Waals surface area contributed by atoms with Gasteiger partial charge in [0.1, 0.15) is 5.75 Å². The van der Waals surface area contributed by atoms with E-state index >= 15 is 0 Å². The molecule has 112 valence electrons. The molecule has 0 radical (unpaired) electrons. The SMILES string of the molecule is COc1cc(CN2CCNCC2)c(C)cc1C(C)(C)C. The second-order valence-electron chi connectivity index (χ2n) is 6.76. The van der Waals surface area contributed by atoms with Gasteiger partial charge >= 0.3 is 0 Å². The molecule has 1 aromatic rings. The van der Waals surface area contributed by atoms with Gasteiger partial charge < -0.3 is 10.1 Å². The highest BCUT2D eigenvalue weighted by Gasteiger charge is 2.21. The number of aryl methyl sites for hydroxylation is 1. The fraction of sp³-hybridized carbons (Fsp3) is 0.647. The molecule has 3 heteroatoms. The maximum absolute atomic E-state index is 5.63. The summed E-state index contributed by atoms with van der Waals surface area (Å²) < 4.78 is 5.63. The Bertz CT molecular complexity index is 457. The van der Waals surface area contributed by atoms with Gasteiger partial charge in [0.05, 0.1) is 7.11 Å². The molecule has 1 N–H and O–H groups in total. The molecule has 2 rings (SSSR count). The summed E-state index contributed by atoms with van der Waals surface area (Å²) in [5, 5.41) is 3.40. The Hall–Kier alpha value is -1.06. The second kappa shape index (κ2) is 6.15. The van der Waals surface area contributed by atoms with E-state index in [1.165, 1.54) is 16.7 Å². The van der Waals surface area contributed by atoms with Crippen molar-refractivity contribution in [3.63, 3.8) is 0 Å². The van der Waals surface area contributed by atoms with Gasteiger partial charge in [0.15, 0.2) is 0 Å². The van der Waals surface area contributed by atoms with E-state index in [1.807, 2.05) is 0 Å². The second-order valence-corrected chi connectivity index (χ2v) is 6.76. The Morgan fingerprint density at radius 2 is 1.85 bits per heavy atom. The van der Waals surface area contributed by atoms with Crippen molar-refractivity contribution in [2.24, 2.45) is 0 Å². The highest BCUT2D eigenvalue weighted by molar-refractivity contribution is 5.45. The fourth-order valence-corrected chi connectivity index (χ4v) is 2.77. The van der Waals surface area contributed by atoms with E-state index in [2.05, 4.69) is 50.0 Å². The molecule has 0 aromatic heterocycles. The number of benzene rings is 1. The van der Waals surface area contributed by atoms with Crippen molar-refractivity contribution in [1.82, 2.24) is 10.2 Å². The third-order valence-electron chi connectivity index (χ3n) is 4.07. The van der Waals surface area contributed by atoms with Crippen molar-refractivity contribution in [2.45, 2.75) is 39.7 Å². The van der Waals surface area contributed by atoms with Crippen LogP contribution in [0.3, 0.4) is 0 Å². The van der Waals surface area contributed by atoms with Gasteiger partial charge in [-0.2, -0.15) is 0 Å². The first kappa shape index (κ1) is 15.3. The van der Waals surface area contributed by atoms with Gasteiger partial charge in [-0.15, -0.1) is 0 Å². The van der Waals surface area contributed by atoms with Crippen LogP contribution in [-0.2, 0) is 12.0 Å². The highest BCUT2D eigenvalue weighted by Crippen LogP contribution is 2.34. The number of ether oxygens (including phenoxy) is 1. The van der Waals surface area contributed by atoms with E-state index in [-0.39, 0.29) is 5.41 Å². The zero-order valence-corrected chi connectivity index (χ0v) is 13.5. The third kappa shape index (κ3) is 3.53. The van der Waals surface area contributed by atoms with Gasteiger partial charge in [0.2, 0.25) is 0 Å². The minimum atomic E-state index is 0.115. The molecule has 0 spiro atoms. The maximum Gasteiger partial charge on any atom is 0.122 e. The molecule has 1 aromatic carbocycles. The predicted molar refractivity (Wildman–Crippen MR) is 84.6 cm³/mol. The summed E-state index contributed by atoms with van der Waals surface area (Å²) in [5.74, 6) is 1.02. The number of nitrogens with one attached hydrogen (secondary N) is 1. The number of hydrogen-bond donors (Lipinski definition) is 1. The molecule has 0 aliphatic carbocycles. The van der Waals surface area contributed by atoms with Gasteiger partial charge in [-0.05, 0) is 35.1 Å². The Kier molecular flexibility index (Phi) is 4.71. The number of hydrogen-bond acceptors (Lipinski definition) is 3. The van der Waals surface area contributed by atoms with E-state index in [4.69, 9.17) is 4.74 Å². The van der Waals surface area contributed by atoms with Gasteiger partial charge in [0, 0.05) is 32.7 Å². The van der Waals surface area contributed by atoms with Crippen LogP contribution in [0.15, 0.2) is 12.1 Å². The Balaban J connectivity index is 2.25. The van der Waals surface area contributed by atoms with Crippen LogP contribution in [-0.4, -0.2) is 38.2 Å². The lowest BCUT2D eigenvalue weighted by Gasteiger charge is -2.29. The molecule has 1 saturated heterocycles. The normalized spacial score (nSPS) is 17.2. The molecule has 1 fully saturated rings. The Labute approximate surface area is 123 Å². The van der Waals surface area contributed by atoms with Crippen LogP contribution in [0.4, 0.5) is 0 Å². The number of piperazine rings is 1. The van der Waals surface area contributed by atoms with E-state index in [0.717, 1.165) is 38.5 Å². The highest BCUT2D eigenvalue weighted by atomic mass is 16.5. The van der Waals surface area contributed by atoms with Gasteiger partial charge in [-0.1, -0.05) is 26.8 Å². The third-order valence-corrected chi connectivity index (χ3v) is 4.07. The van der Waals surface area contributed by atoms with Crippen molar-refractivity contribution >= 4 is 0 Å². The summed E-state index contributed by atoms with van der Waals surface area (Å²) in [4.78, 5) is 2.51. The quantitative estimate of drug-likeness (QED) is 0.918. The number of methoxy groups -OCH3 is 1. The van der Waals surface area contributed by atoms with Crippen LogP contribution >= 0.6 is 0 Å². The molecule has 3 nitrogen and oxygen atoms in total. The molecule has 1 aliphatic rings. The lowest BCUT2D eigenvalue weighted by molar-refractivity contribution is 0.232. The first-order chi connectivity index (χ1) is 9.41. The lowest BCUT2D eigenvalue weighted by atomic mass is 9.84. The standard InChI is InChI=1S/C17H28N2O/c1-13-10-15(17(2,3)4)16(20-5)11-14(13)12-19-8-6-18-7-9-19/h10-11,18H,6-9,12H2,1-5H3. The van der Waals surface area contributed by atoms with Crippen molar-refractivity contribution in [1.29, 1.82) is 0 Å². The van der Waals surface area contributed by atoms with Gasteiger partial charge in [-0.25, -0.2) is 0 Å². The number of nitrogens with zero attached hydrogens (tertiary/aromatic N) is 1. The van der Waals surface area contributed by atoms with Crippen molar-refractivity contribution in [2.75, 3.05) is 33.3 Å². The van der Waals surface area contributed by atoms with Crippen molar-refractivity contribution in [3.05, 3.63) is 28.8 Å². The molecule has 0 saturated carbocycles. The van der Waals surface area contributed by atoms with E-state index in [1.54, 1.807) is 7.11 Å². The van der Waals surface area contributed by atoms with Crippen LogP contribution in [0.25, 0.3) is 0 Å². The van der Waals surface area contributed by atoms with E-state index in [0.29, 0.717) is 0 Å². The van der Waals surface area contributed by atoms with Crippen LogP contribution in [0.5, 0.6) is 5.75 Å². The zero-order valence-electron chi connectivity index (χ0n) is 13.5. The van der Waals surface area contributed by atoms with Gasteiger partial charge in [0.25, 0.3) is 0 Å². The molecular formula is C17H28N2O. The zero-order chi connectivity index (χ0) is 14.8. The minimum Gasteiger partial charge on any atom is -0.496 e. The summed E-state index contributed by atoms with van der Waals surface area (Å²) in [6.45, 7) is 14.4. The summed E-state index contributed by atoms with van der Waals surface area (Å²) in [5.41, 5.74) is 4.16. The first-order valence-electron chi connectivity index (χ1n) is 7.53. The van der Waals surface area contributed by atoms with Crippen molar-refractivity contribution in [3.8, 4) is 5.75 Å². The summed E-state index contributed by atoms with van der Waals surface area (Å²) in [7, 11) is 1.77. The number of rotatable bonds is 3. The smallest absolute Gasteiger partial charge is 0.122 e. The monoisotopic (exact) mass is 276 g/mol.